The molecule has 0 saturated carbocycles. The summed E-state index contributed by atoms with van der Waals surface area (Å²) in [6, 6.07) is 23.6. The maximum absolute atomic E-state index is 12.2. The van der Waals surface area contributed by atoms with E-state index in [0.717, 1.165) is 0 Å². The Labute approximate surface area is 172 Å². The highest BCUT2D eigenvalue weighted by Crippen LogP contribution is 2.31. The molecule has 0 saturated heterocycles. The van der Waals surface area contributed by atoms with E-state index in [-0.39, 0.29) is 18.4 Å². The number of carbonyl (C=O) groups is 1. The molecule has 0 bridgehead atoms. The number of aromatic nitrogens is 2. The summed E-state index contributed by atoms with van der Waals surface area (Å²) in [7, 11) is 0. The third kappa shape index (κ3) is 4.44. The van der Waals surface area contributed by atoms with Crippen molar-refractivity contribution in [3.8, 4) is 28.6 Å². The molecule has 0 spiro atoms. The molecule has 1 amide bonds. The second kappa shape index (κ2) is 8.58. The molecular weight excluding hydrogens is 390 g/mol. The minimum Gasteiger partial charge on any atom is -0.483 e. The van der Waals surface area contributed by atoms with Crippen molar-refractivity contribution in [2.75, 3.05) is 11.9 Å². The van der Waals surface area contributed by atoms with Crippen LogP contribution in [0.5, 0.6) is 5.75 Å². The SMILES string of the molecule is O=C(COc1ccccc1-c1nc(-c2ccccc2Cl)no1)Nc1ccccc1. The molecule has 144 valence electrons. The van der Waals surface area contributed by atoms with E-state index < -0.39 is 0 Å². The number of anilines is 1. The van der Waals surface area contributed by atoms with E-state index in [9.17, 15) is 4.79 Å². The van der Waals surface area contributed by atoms with Crippen LogP contribution in [0, 0.1) is 0 Å². The zero-order valence-electron chi connectivity index (χ0n) is 15.2. The number of rotatable bonds is 6. The lowest BCUT2D eigenvalue weighted by molar-refractivity contribution is -0.118. The van der Waals surface area contributed by atoms with Crippen molar-refractivity contribution >= 4 is 23.2 Å². The molecule has 29 heavy (non-hydrogen) atoms. The largest absolute Gasteiger partial charge is 0.483 e. The molecule has 0 atom stereocenters. The third-order valence-corrected chi connectivity index (χ3v) is 4.40. The van der Waals surface area contributed by atoms with Gasteiger partial charge in [0.2, 0.25) is 5.82 Å². The van der Waals surface area contributed by atoms with Gasteiger partial charge in [-0.25, -0.2) is 0 Å². The van der Waals surface area contributed by atoms with E-state index >= 15 is 0 Å². The number of hydrogen-bond acceptors (Lipinski definition) is 5. The predicted molar refractivity (Wildman–Crippen MR) is 111 cm³/mol. The highest BCUT2D eigenvalue weighted by Gasteiger charge is 2.17. The molecule has 6 nitrogen and oxygen atoms in total. The molecule has 0 unspecified atom stereocenters. The Balaban J connectivity index is 1.50. The second-order valence-electron chi connectivity index (χ2n) is 6.10. The van der Waals surface area contributed by atoms with E-state index in [1.54, 1.807) is 36.4 Å². The first-order valence-corrected chi connectivity index (χ1v) is 9.24. The van der Waals surface area contributed by atoms with Crippen molar-refractivity contribution in [3.05, 3.63) is 83.9 Å². The van der Waals surface area contributed by atoms with Gasteiger partial charge in [0.05, 0.1) is 10.6 Å². The first-order chi connectivity index (χ1) is 14.2. The summed E-state index contributed by atoms with van der Waals surface area (Å²) < 4.78 is 11.1. The summed E-state index contributed by atoms with van der Waals surface area (Å²) in [6.07, 6.45) is 0. The lowest BCUT2D eigenvalue weighted by Gasteiger charge is -2.09. The quantitative estimate of drug-likeness (QED) is 0.484. The Morgan fingerprint density at radius 1 is 0.931 bits per heavy atom. The fourth-order valence-electron chi connectivity index (χ4n) is 2.72. The van der Waals surface area contributed by atoms with Gasteiger partial charge in [-0.15, -0.1) is 0 Å². The van der Waals surface area contributed by atoms with Gasteiger partial charge >= 0.3 is 0 Å². The fraction of sp³-hybridized carbons (Fsp3) is 0.0455. The molecule has 0 fully saturated rings. The van der Waals surface area contributed by atoms with Gasteiger partial charge < -0.3 is 14.6 Å². The minimum atomic E-state index is -0.270. The van der Waals surface area contributed by atoms with Crippen LogP contribution in [0.3, 0.4) is 0 Å². The maximum atomic E-state index is 12.2. The molecular formula is C22H16ClN3O3. The second-order valence-corrected chi connectivity index (χ2v) is 6.51. The standard InChI is InChI=1S/C22H16ClN3O3/c23-18-12-6-4-10-16(18)21-25-22(29-26-21)17-11-5-7-13-19(17)28-14-20(27)24-15-8-2-1-3-9-15/h1-13H,14H2,(H,24,27). The number of nitrogens with zero attached hydrogens (tertiary/aromatic N) is 2. The smallest absolute Gasteiger partial charge is 0.262 e. The van der Waals surface area contributed by atoms with Crippen molar-refractivity contribution in [3.63, 3.8) is 0 Å². The number of hydrogen-bond donors (Lipinski definition) is 1. The fourth-order valence-corrected chi connectivity index (χ4v) is 2.94. The molecule has 1 N–H and O–H groups in total. The third-order valence-electron chi connectivity index (χ3n) is 4.07. The highest BCUT2D eigenvalue weighted by molar-refractivity contribution is 6.33. The lowest BCUT2D eigenvalue weighted by atomic mass is 10.2. The average molecular weight is 406 g/mol. The zero-order valence-corrected chi connectivity index (χ0v) is 16.0. The number of nitrogens with one attached hydrogen (secondary N) is 1. The summed E-state index contributed by atoms with van der Waals surface area (Å²) in [5.41, 5.74) is 1.96. The molecule has 1 aromatic heterocycles. The van der Waals surface area contributed by atoms with Crippen LogP contribution in [0.2, 0.25) is 5.02 Å². The van der Waals surface area contributed by atoms with Gasteiger partial charge in [-0.2, -0.15) is 4.98 Å². The summed E-state index contributed by atoms with van der Waals surface area (Å²) in [4.78, 5) is 16.6. The normalized spacial score (nSPS) is 10.5. The van der Waals surface area contributed by atoms with Crippen molar-refractivity contribution in [1.29, 1.82) is 0 Å². The Hall–Kier alpha value is -3.64. The monoisotopic (exact) mass is 405 g/mol. The molecule has 1 heterocycles. The van der Waals surface area contributed by atoms with Gasteiger partial charge in [-0.1, -0.05) is 59.2 Å². The predicted octanol–water partition coefficient (Wildman–Crippen LogP) is 5.07. The molecule has 4 rings (SSSR count). The number of ether oxygens (including phenoxy) is 1. The lowest BCUT2D eigenvalue weighted by Crippen LogP contribution is -2.20. The Kier molecular flexibility index (Phi) is 5.54. The molecule has 7 heteroatoms. The Morgan fingerprint density at radius 3 is 2.41 bits per heavy atom. The first-order valence-electron chi connectivity index (χ1n) is 8.86. The maximum Gasteiger partial charge on any atom is 0.262 e. The molecule has 0 aliphatic rings. The van der Waals surface area contributed by atoms with Crippen molar-refractivity contribution < 1.29 is 14.1 Å². The highest BCUT2D eigenvalue weighted by atomic mass is 35.5. The molecule has 3 aromatic carbocycles. The number of benzene rings is 3. The van der Waals surface area contributed by atoms with Crippen LogP contribution in [0.25, 0.3) is 22.8 Å². The van der Waals surface area contributed by atoms with Crippen LogP contribution in [-0.2, 0) is 4.79 Å². The van der Waals surface area contributed by atoms with Gasteiger partial charge in [-0.3, -0.25) is 4.79 Å². The summed E-state index contributed by atoms with van der Waals surface area (Å²) in [5, 5.41) is 7.31. The van der Waals surface area contributed by atoms with Crippen LogP contribution in [0.1, 0.15) is 0 Å². The number of halogens is 1. The van der Waals surface area contributed by atoms with E-state index in [0.29, 0.717) is 33.4 Å². The van der Waals surface area contributed by atoms with Crippen molar-refractivity contribution in [1.82, 2.24) is 10.1 Å². The number of carbonyl (C=O) groups excluding carboxylic acids is 1. The molecule has 0 aliphatic carbocycles. The molecule has 0 aliphatic heterocycles. The average Bonchev–Trinajstić information content (AvgIpc) is 3.23. The van der Waals surface area contributed by atoms with Gasteiger partial charge in [0.1, 0.15) is 5.75 Å². The van der Waals surface area contributed by atoms with Gasteiger partial charge in [0.25, 0.3) is 11.8 Å². The van der Waals surface area contributed by atoms with E-state index in [1.165, 1.54) is 0 Å². The Morgan fingerprint density at radius 2 is 1.62 bits per heavy atom. The van der Waals surface area contributed by atoms with Gasteiger partial charge in [0, 0.05) is 11.3 Å². The summed E-state index contributed by atoms with van der Waals surface area (Å²) in [5.74, 6) is 0.847. The number of amides is 1. The van der Waals surface area contributed by atoms with E-state index in [1.807, 2.05) is 42.5 Å². The Bertz CT molecular complexity index is 1130. The van der Waals surface area contributed by atoms with Crippen molar-refractivity contribution in [2.24, 2.45) is 0 Å². The topological polar surface area (TPSA) is 77.2 Å². The van der Waals surface area contributed by atoms with Crippen molar-refractivity contribution in [2.45, 2.75) is 0 Å². The van der Waals surface area contributed by atoms with Crippen LogP contribution in [-0.4, -0.2) is 22.7 Å². The van der Waals surface area contributed by atoms with Crippen LogP contribution >= 0.6 is 11.6 Å². The van der Waals surface area contributed by atoms with Crippen LogP contribution in [0.4, 0.5) is 5.69 Å². The van der Waals surface area contributed by atoms with Gasteiger partial charge in [-0.05, 0) is 36.4 Å². The molecule has 0 radical (unpaired) electrons. The first kappa shape index (κ1) is 18.7. The molecule has 4 aromatic rings. The summed E-state index contributed by atoms with van der Waals surface area (Å²) in [6.45, 7) is -0.155. The zero-order chi connectivity index (χ0) is 20.1. The minimum absolute atomic E-state index is 0.155. The summed E-state index contributed by atoms with van der Waals surface area (Å²) >= 11 is 6.21. The van der Waals surface area contributed by atoms with Crippen LogP contribution < -0.4 is 10.1 Å². The van der Waals surface area contributed by atoms with Gasteiger partial charge in [0.15, 0.2) is 6.61 Å². The van der Waals surface area contributed by atoms with E-state index in [2.05, 4.69) is 15.5 Å². The number of para-hydroxylation sites is 2. The van der Waals surface area contributed by atoms with Crippen LogP contribution in [0.15, 0.2) is 83.4 Å². The van der Waals surface area contributed by atoms with E-state index in [4.69, 9.17) is 20.9 Å².